The molecule has 1 N–H and O–H groups in total. The van der Waals surface area contributed by atoms with Crippen LogP contribution in [0, 0.1) is 5.92 Å². The standard InChI is InChI=1S/C15H20N2O3/c1-16(13-7-3-2-4-8-13)15(20)17-9-5-6-12(11-17)10-14(18)19/h2-4,7-8,12H,5-6,9-11H2,1H3,(H,18,19). The van der Waals surface area contributed by atoms with E-state index < -0.39 is 5.97 Å². The van der Waals surface area contributed by atoms with Crippen LogP contribution in [0.15, 0.2) is 30.3 Å². The Bertz CT molecular complexity index is 475. The summed E-state index contributed by atoms with van der Waals surface area (Å²) < 4.78 is 0. The van der Waals surface area contributed by atoms with Crippen molar-refractivity contribution in [1.82, 2.24) is 4.90 Å². The van der Waals surface area contributed by atoms with Crippen molar-refractivity contribution >= 4 is 17.7 Å². The first-order valence-corrected chi connectivity index (χ1v) is 6.87. The number of nitrogens with zero attached hydrogens (tertiary/aromatic N) is 2. The minimum atomic E-state index is -0.791. The molecule has 1 aromatic carbocycles. The van der Waals surface area contributed by atoms with Gasteiger partial charge in [-0.25, -0.2) is 4.79 Å². The SMILES string of the molecule is CN(C(=O)N1CCCC(CC(=O)O)C1)c1ccccc1. The van der Waals surface area contributed by atoms with Crippen LogP contribution in [-0.2, 0) is 4.79 Å². The van der Waals surface area contributed by atoms with Crippen molar-refractivity contribution in [2.24, 2.45) is 5.92 Å². The number of carboxylic acid groups (broad SMARTS) is 1. The molecule has 0 radical (unpaired) electrons. The molecular weight excluding hydrogens is 256 g/mol. The largest absolute Gasteiger partial charge is 0.481 e. The normalized spacial score (nSPS) is 18.6. The maximum Gasteiger partial charge on any atom is 0.324 e. The van der Waals surface area contributed by atoms with Crippen LogP contribution in [0.25, 0.3) is 0 Å². The van der Waals surface area contributed by atoms with Crippen LogP contribution in [0.4, 0.5) is 10.5 Å². The first-order valence-electron chi connectivity index (χ1n) is 6.87. The molecule has 2 amide bonds. The molecule has 0 aromatic heterocycles. The number of piperidine rings is 1. The zero-order valence-electron chi connectivity index (χ0n) is 11.7. The van der Waals surface area contributed by atoms with Crippen LogP contribution < -0.4 is 4.90 Å². The minimum Gasteiger partial charge on any atom is -0.481 e. The van der Waals surface area contributed by atoms with Gasteiger partial charge in [0.05, 0.1) is 0 Å². The molecule has 1 saturated heterocycles. The lowest BCUT2D eigenvalue weighted by Gasteiger charge is -2.34. The van der Waals surface area contributed by atoms with Gasteiger partial charge in [0.15, 0.2) is 0 Å². The van der Waals surface area contributed by atoms with Crippen molar-refractivity contribution < 1.29 is 14.7 Å². The maximum atomic E-state index is 12.4. The number of benzene rings is 1. The molecule has 0 bridgehead atoms. The second-order valence-electron chi connectivity index (χ2n) is 5.23. The first kappa shape index (κ1) is 14.4. The summed E-state index contributed by atoms with van der Waals surface area (Å²) in [5.41, 5.74) is 0.845. The maximum absolute atomic E-state index is 12.4. The molecule has 0 saturated carbocycles. The van der Waals surface area contributed by atoms with Crippen molar-refractivity contribution in [3.63, 3.8) is 0 Å². The average Bonchev–Trinajstić information content (AvgIpc) is 2.46. The number of carboxylic acids is 1. The van der Waals surface area contributed by atoms with Gasteiger partial charge in [-0.2, -0.15) is 0 Å². The van der Waals surface area contributed by atoms with E-state index in [1.165, 1.54) is 0 Å². The number of urea groups is 1. The van der Waals surface area contributed by atoms with E-state index in [9.17, 15) is 9.59 Å². The predicted molar refractivity (Wildman–Crippen MR) is 76.8 cm³/mol. The zero-order valence-corrected chi connectivity index (χ0v) is 11.7. The Kier molecular flexibility index (Phi) is 4.61. The highest BCUT2D eigenvalue weighted by atomic mass is 16.4. The van der Waals surface area contributed by atoms with E-state index in [2.05, 4.69) is 0 Å². The molecule has 5 heteroatoms. The zero-order chi connectivity index (χ0) is 14.5. The third-order valence-corrected chi connectivity index (χ3v) is 3.68. The van der Waals surface area contributed by atoms with E-state index in [0.717, 1.165) is 18.5 Å². The van der Waals surface area contributed by atoms with E-state index in [0.29, 0.717) is 13.1 Å². The molecule has 0 spiro atoms. The fourth-order valence-corrected chi connectivity index (χ4v) is 2.63. The molecule has 1 fully saturated rings. The third kappa shape index (κ3) is 3.50. The van der Waals surface area contributed by atoms with Gasteiger partial charge < -0.3 is 10.0 Å². The topological polar surface area (TPSA) is 60.9 Å². The second-order valence-corrected chi connectivity index (χ2v) is 5.23. The molecule has 1 aliphatic heterocycles. The number of hydrogen-bond acceptors (Lipinski definition) is 2. The van der Waals surface area contributed by atoms with Gasteiger partial charge in [-0.05, 0) is 30.9 Å². The smallest absolute Gasteiger partial charge is 0.324 e. The highest BCUT2D eigenvalue weighted by molar-refractivity contribution is 5.91. The lowest BCUT2D eigenvalue weighted by molar-refractivity contribution is -0.138. The Balaban J connectivity index is 1.99. The van der Waals surface area contributed by atoms with Crippen LogP contribution in [0.2, 0.25) is 0 Å². The number of carbonyl (C=O) groups is 2. The minimum absolute atomic E-state index is 0.0636. The molecular formula is C15H20N2O3. The molecule has 1 aromatic rings. The summed E-state index contributed by atoms with van der Waals surface area (Å²) in [4.78, 5) is 26.6. The van der Waals surface area contributed by atoms with Crippen molar-refractivity contribution in [3.8, 4) is 0 Å². The van der Waals surface area contributed by atoms with Gasteiger partial charge in [0.1, 0.15) is 0 Å². The number of rotatable bonds is 3. The van der Waals surface area contributed by atoms with E-state index in [1.807, 2.05) is 30.3 Å². The molecule has 20 heavy (non-hydrogen) atoms. The summed E-state index contributed by atoms with van der Waals surface area (Å²) in [6.45, 7) is 1.23. The molecule has 0 aliphatic carbocycles. The number of amides is 2. The highest BCUT2D eigenvalue weighted by Gasteiger charge is 2.27. The fraction of sp³-hybridized carbons (Fsp3) is 0.467. The van der Waals surface area contributed by atoms with Crippen molar-refractivity contribution in [2.75, 3.05) is 25.0 Å². The predicted octanol–water partition coefficient (Wildman–Crippen LogP) is 2.43. The highest BCUT2D eigenvalue weighted by Crippen LogP contribution is 2.22. The summed E-state index contributed by atoms with van der Waals surface area (Å²) >= 11 is 0. The van der Waals surface area contributed by atoms with Crippen LogP contribution in [0.3, 0.4) is 0 Å². The number of likely N-dealkylation sites (tertiary alicyclic amines) is 1. The van der Waals surface area contributed by atoms with Gasteiger partial charge in [-0.15, -0.1) is 0 Å². The molecule has 1 atom stereocenters. The van der Waals surface area contributed by atoms with E-state index in [1.54, 1.807) is 16.8 Å². The Hall–Kier alpha value is -2.04. The van der Waals surface area contributed by atoms with Crippen LogP contribution in [0.1, 0.15) is 19.3 Å². The molecule has 1 heterocycles. The number of carbonyl (C=O) groups excluding carboxylic acids is 1. The van der Waals surface area contributed by atoms with Crippen molar-refractivity contribution in [2.45, 2.75) is 19.3 Å². The van der Waals surface area contributed by atoms with Gasteiger partial charge in [0, 0.05) is 32.2 Å². The number of para-hydroxylation sites is 1. The van der Waals surface area contributed by atoms with Crippen molar-refractivity contribution in [1.29, 1.82) is 0 Å². The quantitative estimate of drug-likeness (QED) is 0.922. The Morgan fingerprint density at radius 3 is 2.70 bits per heavy atom. The average molecular weight is 276 g/mol. The second kappa shape index (κ2) is 6.41. The Labute approximate surface area is 118 Å². The fourth-order valence-electron chi connectivity index (χ4n) is 2.63. The lowest BCUT2D eigenvalue weighted by Crippen LogP contribution is -2.46. The third-order valence-electron chi connectivity index (χ3n) is 3.68. The molecule has 2 rings (SSSR count). The van der Waals surface area contributed by atoms with Crippen LogP contribution in [0.5, 0.6) is 0 Å². The van der Waals surface area contributed by atoms with E-state index >= 15 is 0 Å². The van der Waals surface area contributed by atoms with Crippen LogP contribution in [-0.4, -0.2) is 42.1 Å². The summed E-state index contributed by atoms with van der Waals surface area (Å²) in [6.07, 6.45) is 1.89. The van der Waals surface area contributed by atoms with Crippen LogP contribution >= 0.6 is 0 Å². The monoisotopic (exact) mass is 276 g/mol. The van der Waals surface area contributed by atoms with Crippen molar-refractivity contribution in [3.05, 3.63) is 30.3 Å². The molecule has 5 nitrogen and oxygen atoms in total. The van der Waals surface area contributed by atoms with E-state index in [-0.39, 0.29) is 18.4 Å². The Morgan fingerprint density at radius 1 is 1.35 bits per heavy atom. The van der Waals surface area contributed by atoms with Gasteiger partial charge >= 0.3 is 12.0 Å². The van der Waals surface area contributed by atoms with Gasteiger partial charge in [-0.1, -0.05) is 18.2 Å². The number of hydrogen-bond donors (Lipinski definition) is 1. The molecule has 108 valence electrons. The number of anilines is 1. The molecule has 1 aliphatic rings. The first-order chi connectivity index (χ1) is 9.58. The molecule has 1 unspecified atom stereocenters. The van der Waals surface area contributed by atoms with E-state index in [4.69, 9.17) is 5.11 Å². The Morgan fingerprint density at radius 2 is 2.05 bits per heavy atom. The summed E-state index contributed by atoms with van der Waals surface area (Å²) in [7, 11) is 1.75. The summed E-state index contributed by atoms with van der Waals surface area (Å²) in [5.74, 6) is -0.727. The summed E-state index contributed by atoms with van der Waals surface area (Å²) in [5, 5.41) is 8.86. The summed E-state index contributed by atoms with van der Waals surface area (Å²) in [6, 6.07) is 9.40. The van der Waals surface area contributed by atoms with Gasteiger partial charge in [0.25, 0.3) is 0 Å². The lowest BCUT2D eigenvalue weighted by atomic mass is 9.95. The number of aliphatic carboxylic acids is 1. The van der Waals surface area contributed by atoms with Gasteiger partial charge in [0.2, 0.25) is 0 Å². The van der Waals surface area contributed by atoms with Gasteiger partial charge in [-0.3, -0.25) is 9.69 Å².